The summed E-state index contributed by atoms with van der Waals surface area (Å²) in [5.74, 6) is 2.89. The Balaban J connectivity index is 1.71. The van der Waals surface area contributed by atoms with Crippen molar-refractivity contribution in [3.63, 3.8) is 0 Å². The molecule has 0 spiro atoms. The summed E-state index contributed by atoms with van der Waals surface area (Å²) in [7, 11) is 1.54. The first-order valence-electron chi connectivity index (χ1n) is 9.70. The molecule has 146 valence electrons. The number of fused-ring (bicyclic) bond motifs is 1. The molecule has 6 nitrogen and oxygen atoms in total. The first kappa shape index (κ1) is 19.5. The van der Waals surface area contributed by atoms with Crippen molar-refractivity contribution in [2.45, 2.75) is 33.6 Å². The average Bonchev–Trinajstić information content (AvgIpc) is 3.04. The largest absolute Gasteiger partial charge is 0.375 e. The van der Waals surface area contributed by atoms with Crippen LogP contribution >= 0.6 is 0 Å². The van der Waals surface area contributed by atoms with Crippen molar-refractivity contribution < 1.29 is 9.53 Å². The predicted molar refractivity (Wildman–Crippen MR) is 106 cm³/mol. The van der Waals surface area contributed by atoms with Crippen LogP contribution < -0.4 is 5.32 Å². The number of nitrogens with one attached hydrogen (secondary N) is 2. The topological polar surface area (TPSA) is 79.9 Å². The molecule has 2 aromatic rings. The number of hydrogen-bond donors (Lipinski definition) is 2. The van der Waals surface area contributed by atoms with Gasteiger partial charge >= 0.3 is 0 Å². The molecule has 0 bridgehead atoms. The Bertz CT molecular complexity index is 778. The maximum atomic E-state index is 11.8. The monoisotopic (exact) mass is 370 g/mol. The van der Waals surface area contributed by atoms with E-state index in [1.807, 2.05) is 12.3 Å². The van der Waals surface area contributed by atoms with E-state index in [1.54, 1.807) is 13.3 Å². The highest BCUT2D eigenvalue weighted by atomic mass is 16.5. The van der Waals surface area contributed by atoms with Gasteiger partial charge in [0.05, 0.1) is 17.2 Å². The van der Waals surface area contributed by atoms with Gasteiger partial charge in [0.2, 0.25) is 5.91 Å². The predicted octanol–water partition coefficient (Wildman–Crippen LogP) is 3.12. The van der Waals surface area contributed by atoms with E-state index in [9.17, 15) is 4.79 Å². The number of nitrogens with zero attached hydrogens (tertiary/aromatic N) is 2. The fourth-order valence-corrected chi connectivity index (χ4v) is 4.16. The van der Waals surface area contributed by atoms with Crippen LogP contribution in [0.4, 0.5) is 0 Å². The van der Waals surface area contributed by atoms with Crippen LogP contribution in [0.3, 0.4) is 0 Å². The number of amides is 1. The molecule has 3 atom stereocenters. The lowest BCUT2D eigenvalue weighted by Gasteiger charge is -2.37. The summed E-state index contributed by atoms with van der Waals surface area (Å²) in [6.07, 6.45) is 7.97. The SMILES string of the molecule is COCC(=O)NC[C@@H]1C=C(C)[C@H](Cc2nc3ccncc3[nH]2)C[C@H]1C(C)C. The number of aromatic nitrogens is 3. The molecule has 0 unspecified atom stereocenters. The molecule has 0 saturated heterocycles. The molecule has 0 fully saturated rings. The molecule has 1 amide bonds. The molecule has 6 heteroatoms. The molecular weight excluding hydrogens is 340 g/mol. The van der Waals surface area contributed by atoms with Crippen LogP contribution in [0, 0.1) is 23.7 Å². The van der Waals surface area contributed by atoms with E-state index < -0.39 is 0 Å². The van der Waals surface area contributed by atoms with Crippen molar-refractivity contribution in [1.82, 2.24) is 20.3 Å². The van der Waals surface area contributed by atoms with E-state index >= 15 is 0 Å². The zero-order valence-corrected chi connectivity index (χ0v) is 16.7. The van der Waals surface area contributed by atoms with Gasteiger partial charge in [-0.3, -0.25) is 9.78 Å². The summed E-state index contributed by atoms with van der Waals surface area (Å²) in [6.45, 7) is 7.53. The zero-order chi connectivity index (χ0) is 19.4. The lowest BCUT2D eigenvalue weighted by atomic mass is 9.70. The van der Waals surface area contributed by atoms with Crippen LogP contribution in [0.1, 0.15) is 33.0 Å². The fraction of sp³-hybridized carbons (Fsp3) is 0.571. The highest BCUT2D eigenvalue weighted by Crippen LogP contribution is 2.38. The molecule has 27 heavy (non-hydrogen) atoms. The number of carbonyl (C=O) groups is 1. The Morgan fingerprint density at radius 2 is 2.26 bits per heavy atom. The Morgan fingerprint density at radius 1 is 1.44 bits per heavy atom. The van der Waals surface area contributed by atoms with E-state index in [2.05, 4.69) is 42.1 Å². The molecule has 2 heterocycles. The number of pyridine rings is 1. The summed E-state index contributed by atoms with van der Waals surface area (Å²) in [4.78, 5) is 24.0. The number of rotatable bonds is 7. The quantitative estimate of drug-likeness (QED) is 0.734. The van der Waals surface area contributed by atoms with Crippen molar-refractivity contribution >= 4 is 16.9 Å². The third kappa shape index (κ3) is 4.75. The third-order valence-electron chi connectivity index (χ3n) is 5.67. The highest BCUT2D eigenvalue weighted by molar-refractivity contribution is 5.77. The van der Waals surface area contributed by atoms with Crippen LogP contribution in [-0.4, -0.2) is 41.1 Å². The Morgan fingerprint density at radius 3 is 2.96 bits per heavy atom. The van der Waals surface area contributed by atoms with Crippen LogP contribution in [-0.2, 0) is 16.0 Å². The maximum absolute atomic E-state index is 11.8. The van der Waals surface area contributed by atoms with E-state index in [0.29, 0.717) is 30.2 Å². The van der Waals surface area contributed by atoms with E-state index in [-0.39, 0.29) is 12.5 Å². The number of allylic oxidation sites excluding steroid dienone is 1. The second-order valence-corrected chi connectivity index (χ2v) is 7.93. The second kappa shape index (κ2) is 8.65. The van der Waals surface area contributed by atoms with Crippen LogP contribution in [0.15, 0.2) is 30.1 Å². The maximum Gasteiger partial charge on any atom is 0.246 e. The summed E-state index contributed by atoms with van der Waals surface area (Å²) in [5, 5.41) is 3.01. The van der Waals surface area contributed by atoms with Gasteiger partial charge in [0.25, 0.3) is 0 Å². The number of ether oxygens (including phenoxy) is 1. The Hall–Kier alpha value is -2.21. The van der Waals surface area contributed by atoms with E-state index in [0.717, 1.165) is 29.7 Å². The molecular formula is C21H30N4O2. The number of methoxy groups -OCH3 is 1. The standard InChI is InChI=1S/C21H30N4O2/c1-13(2)17-8-15(9-20-24-18-5-6-22-11-19(18)25-20)14(3)7-16(17)10-23-21(26)12-27-4/h5-7,11,13,15-17H,8-10,12H2,1-4H3,(H,23,26)(H,24,25)/t15-,16-,17-/m0/s1. The van der Waals surface area contributed by atoms with E-state index in [1.165, 1.54) is 5.57 Å². The smallest absolute Gasteiger partial charge is 0.246 e. The number of imidazole rings is 1. The number of H-pyrrole nitrogens is 1. The van der Waals surface area contributed by atoms with Gasteiger partial charge in [-0.25, -0.2) is 4.98 Å². The van der Waals surface area contributed by atoms with Crippen molar-refractivity contribution in [2.75, 3.05) is 20.3 Å². The van der Waals surface area contributed by atoms with Gasteiger partial charge < -0.3 is 15.0 Å². The van der Waals surface area contributed by atoms with Gasteiger partial charge in [-0.05, 0) is 43.1 Å². The van der Waals surface area contributed by atoms with E-state index in [4.69, 9.17) is 9.72 Å². The molecule has 1 aliphatic rings. The van der Waals surface area contributed by atoms with Gasteiger partial charge in [-0.1, -0.05) is 25.5 Å². The van der Waals surface area contributed by atoms with Crippen molar-refractivity contribution in [1.29, 1.82) is 0 Å². The third-order valence-corrected chi connectivity index (χ3v) is 5.67. The molecule has 2 N–H and O–H groups in total. The minimum absolute atomic E-state index is 0.0518. The Kier molecular flexibility index (Phi) is 6.26. The molecule has 2 aromatic heterocycles. The van der Waals surface area contributed by atoms with Crippen molar-refractivity contribution in [3.8, 4) is 0 Å². The van der Waals surface area contributed by atoms with Crippen molar-refractivity contribution in [2.24, 2.45) is 23.7 Å². The highest BCUT2D eigenvalue weighted by Gasteiger charge is 2.32. The fourth-order valence-electron chi connectivity index (χ4n) is 4.16. The molecule has 3 rings (SSSR count). The number of hydrogen-bond acceptors (Lipinski definition) is 4. The van der Waals surface area contributed by atoms with Gasteiger partial charge in [0, 0.05) is 26.3 Å². The first-order chi connectivity index (χ1) is 13.0. The van der Waals surface area contributed by atoms with Crippen LogP contribution in [0.25, 0.3) is 11.0 Å². The summed E-state index contributed by atoms with van der Waals surface area (Å²) < 4.78 is 4.90. The molecule has 0 radical (unpaired) electrons. The minimum Gasteiger partial charge on any atom is -0.375 e. The molecule has 0 aliphatic heterocycles. The van der Waals surface area contributed by atoms with Gasteiger partial charge in [0.1, 0.15) is 12.4 Å². The summed E-state index contributed by atoms with van der Waals surface area (Å²) in [5.41, 5.74) is 3.34. The van der Waals surface area contributed by atoms with Crippen LogP contribution in [0.2, 0.25) is 0 Å². The van der Waals surface area contributed by atoms with Crippen molar-refractivity contribution in [3.05, 3.63) is 35.9 Å². The van der Waals surface area contributed by atoms with Gasteiger partial charge in [0.15, 0.2) is 0 Å². The van der Waals surface area contributed by atoms with Gasteiger partial charge in [-0.2, -0.15) is 0 Å². The average molecular weight is 370 g/mol. The summed E-state index contributed by atoms with van der Waals surface area (Å²) in [6, 6.07) is 1.94. The molecule has 0 saturated carbocycles. The second-order valence-electron chi connectivity index (χ2n) is 7.93. The molecule has 0 aromatic carbocycles. The summed E-state index contributed by atoms with van der Waals surface area (Å²) >= 11 is 0. The lowest BCUT2D eigenvalue weighted by Crippen LogP contribution is -2.38. The van der Waals surface area contributed by atoms with Crippen LogP contribution in [0.5, 0.6) is 0 Å². The Labute approximate surface area is 160 Å². The number of aromatic amines is 1. The lowest BCUT2D eigenvalue weighted by molar-refractivity contribution is -0.124. The zero-order valence-electron chi connectivity index (χ0n) is 16.7. The first-order valence-corrected chi connectivity index (χ1v) is 9.70. The minimum atomic E-state index is -0.0518. The number of carbonyl (C=O) groups excluding carboxylic acids is 1. The van der Waals surface area contributed by atoms with Gasteiger partial charge in [-0.15, -0.1) is 0 Å². The normalized spacial score (nSPS) is 22.9. The molecule has 1 aliphatic carbocycles.